The second kappa shape index (κ2) is 11.3. The Labute approximate surface area is 215 Å². The van der Waals surface area contributed by atoms with Crippen LogP contribution in [0.25, 0.3) is 22.2 Å². The van der Waals surface area contributed by atoms with Crippen molar-refractivity contribution in [2.45, 2.75) is 26.7 Å². The van der Waals surface area contributed by atoms with Crippen LogP contribution in [0.4, 0.5) is 0 Å². The highest BCUT2D eigenvalue weighted by Crippen LogP contribution is 2.37. The zero-order valence-corrected chi connectivity index (χ0v) is 21.4. The van der Waals surface area contributed by atoms with Crippen LogP contribution in [-0.2, 0) is 0 Å². The average molecular weight is 503 g/mol. The molecule has 8 heteroatoms. The predicted octanol–water partition coefficient (Wildman–Crippen LogP) is 5.08. The number of aliphatic hydroxyl groups is 1. The maximum Gasteiger partial charge on any atom is 0.181 e. The molecule has 0 fully saturated rings. The molecule has 0 spiro atoms. The number of H-pyrrole nitrogens is 1. The largest absolute Gasteiger partial charge is 0.494 e. The first-order valence-electron chi connectivity index (χ1n) is 12.0. The van der Waals surface area contributed by atoms with Crippen LogP contribution in [0.2, 0.25) is 0 Å². The molecule has 8 nitrogen and oxygen atoms in total. The zero-order chi connectivity index (χ0) is 26.5. The van der Waals surface area contributed by atoms with Crippen LogP contribution in [0.15, 0.2) is 48.5 Å². The number of Topliss-reactive ketones (excluding diaryl/α,β-unsaturated/α-hetero) is 2. The number of carbonyl (C=O) groups is 2. The highest BCUT2D eigenvalue weighted by molar-refractivity contribution is 6.03. The summed E-state index contributed by atoms with van der Waals surface area (Å²) >= 11 is 0. The van der Waals surface area contributed by atoms with E-state index in [0.717, 1.165) is 27.7 Å². The molecule has 0 aliphatic carbocycles. The van der Waals surface area contributed by atoms with Gasteiger partial charge in [-0.05, 0) is 49.7 Å². The number of methoxy groups -OCH3 is 2. The van der Waals surface area contributed by atoms with Gasteiger partial charge in [-0.2, -0.15) is 0 Å². The lowest BCUT2D eigenvalue weighted by Crippen LogP contribution is -2.08. The van der Waals surface area contributed by atoms with E-state index in [2.05, 4.69) is 9.97 Å². The Morgan fingerprint density at radius 2 is 1.65 bits per heavy atom. The minimum absolute atomic E-state index is 0.00859. The van der Waals surface area contributed by atoms with Gasteiger partial charge in [0.25, 0.3) is 0 Å². The maximum atomic E-state index is 13.1. The number of benzene rings is 2. The fourth-order valence-electron chi connectivity index (χ4n) is 4.36. The van der Waals surface area contributed by atoms with Gasteiger partial charge in [0.15, 0.2) is 23.1 Å². The molecule has 0 amide bonds. The van der Waals surface area contributed by atoms with Gasteiger partial charge >= 0.3 is 0 Å². The van der Waals surface area contributed by atoms with Crippen LogP contribution in [0, 0.1) is 13.8 Å². The number of pyridine rings is 1. The fourth-order valence-corrected chi connectivity index (χ4v) is 4.36. The molecule has 2 aromatic heterocycles. The Bertz CT molecular complexity index is 1460. The van der Waals surface area contributed by atoms with Crippen molar-refractivity contribution in [2.24, 2.45) is 0 Å². The highest BCUT2D eigenvalue weighted by Gasteiger charge is 2.20. The van der Waals surface area contributed by atoms with Gasteiger partial charge in [0.2, 0.25) is 0 Å². The Balaban J connectivity index is 1.55. The molecule has 192 valence electrons. The zero-order valence-electron chi connectivity index (χ0n) is 21.4. The Kier molecular flexibility index (Phi) is 7.89. The Hall–Kier alpha value is -4.17. The number of ketones is 2. The van der Waals surface area contributed by atoms with Gasteiger partial charge in [-0.15, -0.1) is 0 Å². The molecule has 4 aromatic rings. The van der Waals surface area contributed by atoms with Crippen molar-refractivity contribution in [3.63, 3.8) is 0 Å². The van der Waals surface area contributed by atoms with Gasteiger partial charge in [0.1, 0.15) is 23.7 Å². The number of carbonyl (C=O) groups excluding carboxylic acids is 2. The smallest absolute Gasteiger partial charge is 0.181 e. The predicted molar refractivity (Wildman–Crippen MR) is 141 cm³/mol. The number of nitrogens with one attached hydrogen (secondary N) is 1. The molecule has 2 heterocycles. The number of fused-ring (bicyclic) bond motifs is 1. The summed E-state index contributed by atoms with van der Waals surface area (Å²) in [5.74, 6) is 0.949. The van der Waals surface area contributed by atoms with E-state index in [9.17, 15) is 9.59 Å². The van der Waals surface area contributed by atoms with Gasteiger partial charge in [-0.25, -0.2) is 4.98 Å². The van der Waals surface area contributed by atoms with Gasteiger partial charge in [-0.3, -0.25) is 9.59 Å². The van der Waals surface area contributed by atoms with Crippen molar-refractivity contribution in [2.75, 3.05) is 27.4 Å². The van der Waals surface area contributed by atoms with Crippen LogP contribution in [0.3, 0.4) is 0 Å². The number of hydrogen-bond acceptors (Lipinski definition) is 7. The number of aromatic nitrogens is 2. The van der Waals surface area contributed by atoms with Crippen molar-refractivity contribution >= 4 is 22.5 Å². The normalized spacial score (nSPS) is 10.9. The minimum Gasteiger partial charge on any atom is -0.494 e. The highest BCUT2D eigenvalue weighted by atomic mass is 16.5. The lowest BCUT2D eigenvalue weighted by Gasteiger charge is -2.11. The lowest BCUT2D eigenvalue weighted by atomic mass is 10.0. The standard InChI is InChI=1S/C29H30N2O6/c1-17-6-5-7-20-27(18(2)30-28(17)20)29-25(35-3)13-9-21(31-29)23(34)11-10-22(33)19-8-12-24(37-15-14-32)26(16-19)36-4/h5-9,12-13,16,30,32H,10-11,14-15H2,1-4H3. The number of aliphatic hydroxyl groups excluding tert-OH is 1. The number of hydrogen-bond donors (Lipinski definition) is 2. The van der Waals surface area contributed by atoms with Crippen molar-refractivity contribution in [3.8, 4) is 28.5 Å². The number of para-hydroxylation sites is 1. The number of rotatable bonds is 11. The average Bonchev–Trinajstić information content (AvgIpc) is 3.26. The number of nitrogens with zero attached hydrogens (tertiary/aromatic N) is 1. The molecular weight excluding hydrogens is 472 g/mol. The van der Waals surface area contributed by atoms with Crippen LogP contribution in [-0.4, -0.2) is 54.1 Å². The summed E-state index contributed by atoms with van der Waals surface area (Å²) in [7, 11) is 3.05. The second-order valence-electron chi connectivity index (χ2n) is 8.65. The SMILES string of the molecule is COc1cc(C(=O)CCC(=O)c2ccc(OC)c(-c3c(C)[nH]c4c(C)cccc34)n2)ccc1OCCO. The van der Waals surface area contributed by atoms with Crippen molar-refractivity contribution in [3.05, 3.63) is 71.0 Å². The Morgan fingerprint density at radius 3 is 2.38 bits per heavy atom. The molecule has 0 radical (unpaired) electrons. The lowest BCUT2D eigenvalue weighted by molar-refractivity contribution is 0.0914. The van der Waals surface area contributed by atoms with Gasteiger partial charge in [0.05, 0.1) is 20.8 Å². The molecular formula is C29H30N2O6. The monoisotopic (exact) mass is 502 g/mol. The van der Waals surface area contributed by atoms with Crippen molar-refractivity contribution < 1.29 is 28.9 Å². The van der Waals surface area contributed by atoms with Crippen LogP contribution in [0.1, 0.15) is 44.9 Å². The summed E-state index contributed by atoms with van der Waals surface area (Å²) in [5.41, 5.74) is 5.21. The first kappa shape index (κ1) is 25.9. The summed E-state index contributed by atoms with van der Waals surface area (Å²) in [4.78, 5) is 34.0. The molecule has 2 N–H and O–H groups in total. The van der Waals surface area contributed by atoms with E-state index in [1.807, 2.05) is 32.0 Å². The minimum atomic E-state index is -0.235. The maximum absolute atomic E-state index is 13.1. The molecule has 0 aliphatic heterocycles. The first-order chi connectivity index (χ1) is 17.9. The quantitative estimate of drug-likeness (QED) is 0.275. The van der Waals surface area contributed by atoms with E-state index in [0.29, 0.717) is 28.5 Å². The van der Waals surface area contributed by atoms with E-state index in [1.165, 1.54) is 7.11 Å². The topological polar surface area (TPSA) is 111 Å². The molecule has 0 aliphatic rings. The second-order valence-corrected chi connectivity index (χ2v) is 8.65. The van der Waals surface area contributed by atoms with Crippen LogP contribution in [0.5, 0.6) is 17.2 Å². The summed E-state index contributed by atoms with van der Waals surface area (Å²) in [5, 5.41) is 9.96. The molecule has 2 aromatic carbocycles. The van der Waals surface area contributed by atoms with E-state index in [1.54, 1.807) is 37.4 Å². The number of aromatic amines is 1. The molecule has 0 atom stereocenters. The van der Waals surface area contributed by atoms with E-state index in [-0.39, 0.29) is 43.3 Å². The van der Waals surface area contributed by atoms with Crippen molar-refractivity contribution in [1.29, 1.82) is 0 Å². The molecule has 0 bridgehead atoms. The third kappa shape index (κ3) is 5.34. The fraction of sp³-hybridized carbons (Fsp3) is 0.276. The van der Waals surface area contributed by atoms with Crippen molar-refractivity contribution in [1.82, 2.24) is 9.97 Å². The summed E-state index contributed by atoms with van der Waals surface area (Å²) in [6, 6.07) is 14.2. The third-order valence-electron chi connectivity index (χ3n) is 6.24. The molecule has 0 saturated carbocycles. The van der Waals surface area contributed by atoms with E-state index < -0.39 is 0 Å². The van der Waals surface area contributed by atoms with E-state index >= 15 is 0 Å². The molecule has 4 rings (SSSR count). The summed E-state index contributed by atoms with van der Waals surface area (Å²) < 4.78 is 16.3. The Morgan fingerprint density at radius 1 is 0.919 bits per heavy atom. The van der Waals surface area contributed by atoms with Gasteiger partial charge in [0, 0.05) is 40.6 Å². The summed E-state index contributed by atoms with van der Waals surface area (Å²) in [6.45, 7) is 3.99. The molecule has 37 heavy (non-hydrogen) atoms. The summed E-state index contributed by atoms with van der Waals surface area (Å²) in [6.07, 6.45) is 0.0296. The van der Waals surface area contributed by atoms with Crippen LogP contribution >= 0.6 is 0 Å². The van der Waals surface area contributed by atoms with Crippen LogP contribution < -0.4 is 14.2 Å². The third-order valence-corrected chi connectivity index (χ3v) is 6.24. The molecule has 0 unspecified atom stereocenters. The van der Waals surface area contributed by atoms with E-state index in [4.69, 9.17) is 19.3 Å². The number of aryl methyl sites for hydroxylation is 2. The van der Waals surface area contributed by atoms with Gasteiger partial charge < -0.3 is 24.3 Å². The molecule has 0 saturated heterocycles. The van der Waals surface area contributed by atoms with Gasteiger partial charge in [-0.1, -0.05) is 18.2 Å². The number of ether oxygens (including phenoxy) is 3. The first-order valence-corrected chi connectivity index (χ1v) is 12.0.